The summed E-state index contributed by atoms with van der Waals surface area (Å²) in [6, 6.07) is 7.75. The van der Waals surface area contributed by atoms with E-state index in [0.717, 1.165) is 48.0 Å². The average Bonchev–Trinajstić information content (AvgIpc) is 3.54. The van der Waals surface area contributed by atoms with Crippen LogP contribution in [0.5, 0.6) is 23.0 Å². The molecule has 0 radical (unpaired) electrons. The van der Waals surface area contributed by atoms with Gasteiger partial charge in [-0.05, 0) is 60.8 Å². The second kappa shape index (κ2) is 21.5. The molecule has 1 fully saturated rings. The number of hydrogen-bond donors (Lipinski definition) is 5. The summed E-state index contributed by atoms with van der Waals surface area (Å²) >= 11 is 5.64. The molecule has 1 saturated heterocycles. The fourth-order valence-electron chi connectivity index (χ4n) is 5.45. The number of carbonyl (C=O) groups is 2. The predicted molar refractivity (Wildman–Crippen MR) is 208 cm³/mol. The molecule has 1 aliphatic heterocycles. The van der Waals surface area contributed by atoms with Crippen molar-refractivity contribution in [2.24, 2.45) is 0 Å². The molecule has 0 spiro atoms. The van der Waals surface area contributed by atoms with Crippen LogP contribution >= 0.6 is 11.6 Å². The Balaban J connectivity index is 0.000000351. The van der Waals surface area contributed by atoms with Crippen molar-refractivity contribution in [3.05, 3.63) is 58.9 Å². The van der Waals surface area contributed by atoms with Crippen molar-refractivity contribution >= 4 is 58.3 Å². The number of aromatic nitrogens is 4. The van der Waals surface area contributed by atoms with E-state index >= 15 is 0 Å². The summed E-state index contributed by atoms with van der Waals surface area (Å²) in [7, 11) is 0.750. The van der Waals surface area contributed by atoms with Crippen LogP contribution < -0.4 is 77.3 Å². The van der Waals surface area contributed by atoms with Gasteiger partial charge in [-0.2, -0.15) is 17.1 Å². The molecule has 3 heterocycles. The molecule has 15 nitrogen and oxygen atoms in total. The standard InChI is InChI=1S/C18H24ClN5O2.C18H23N5O2.CH3O.Na/c1-10(2)12-7-11(3)13(23-16(25)5-4-6-19)8-14(12)26-15-9-22-18(21)24-17(15)20;1-10(2)12-7-11(3)13(23-6-4-5-16(23)24)8-14(12)25-15-9-21-18(20)22-17(15)19;1-2;/h7-10H,4-6H2,1-3H3,(H,23,25)(H4,20,21,22,24);7-10H,4-6H2,1-3H3,(H4,19,20,21,22);1H3;/q;;-1;+1. The van der Waals surface area contributed by atoms with Crippen LogP contribution in [0.25, 0.3) is 0 Å². The fraction of sp³-hybridized carbons (Fsp3) is 0.405. The molecule has 54 heavy (non-hydrogen) atoms. The van der Waals surface area contributed by atoms with Crippen molar-refractivity contribution in [3.8, 4) is 23.0 Å². The monoisotopic (exact) mass is 772 g/mol. The molecule has 0 bridgehead atoms. The normalized spacial score (nSPS) is 12.0. The Bertz CT molecular complexity index is 1900. The summed E-state index contributed by atoms with van der Waals surface area (Å²) in [4.78, 5) is 41.7. The summed E-state index contributed by atoms with van der Waals surface area (Å²) in [5.41, 5.74) is 28.4. The minimum Gasteiger partial charge on any atom is -0.857 e. The van der Waals surface area contributed by atoms with E-state index in [4.69, 9.17) is 49.1 Å². The molecule has 2 aromatic heterocycles. The fourth-order valence-corrected chi connectivity index (χ4v) is 5.58. The molecule has 286 valence electrons. The maximum absolute atomic E-state index is 12.1. The van der Waals surface area contributed by atoms with Crippen LogP contribution in [0, 0.1) is 13.8 Å². The van der Waals surface area contributed by atoms with E-state index < -0.39 is 0 Å². The molecule has 2 amide bonds. The van der Waals surface area contributed by atoms with Gasteiger partial charge in [0, 0.05) is 43.1 Å². The van der Waals surface area contributed by atoms with Gasteiger partial charge in [0.2, 0.25) is 23.7 Å². The third kappa shape index (κ3) is 12.3. The van der Waals surface area contributed by atoms with Crippen LogP contribution in [0.2, 0.25) is 0 Å². The third-order valence-electron chi connectivity index (χ3n) is 8.15. The number of hydrogen-bond acceptors (Lipinski definition) is 13. The Morgan fingerprint density at radius 1 is 0.852 bits per heavy atom. The number of amides is 2. The summed E-state index contributed by atoms with van der Waals surface area (Å²) in [6.07, 6.45) is 5.34. The zero-order chi connectivity index (χ0) is 39.4. The van der Waals surface area contributed by atoms with Gasteiger partial charge in [-0.3, -0.25) is 9.59 Å². The summed E-state index contributed by atoms with van der Waals surface area (Å²) in [6.45, 7) is 13.0. The van der Waals surface area contributed by atoms with Crippen LogP contribution in [0.3, 0.4) is 0 Å². The average molecular weight is 773 g/mol. The number of ether oxygens (including phenoxy) is 2. The van der Waals surface area contributed by atoms with Crippen molar-refractivity contribution in [3.63, 3.8) is 0 Å². The van der Waals surface area contributed by atoms with E-state index in [1.165, 1.54) is 12.4 Å². The maximum atomic E-state index is 12.1. The van der Waals surface area contributed by atoms with E-state index in [-0.39, 0.29) is 76.7 Å². The van der Waals surface area contributed by atoms with Crippen molar-refractivity contribution in [1.29, 1.82) is 0 Å². The van der Waals surface area contributed by atoms with Crippen LogP contribution in [-0.4, -0.2) is 51.3 Å². The number of nitrogen functional groups attached to an aromatic ring is 4. The van der Waals surface area contributed by atoms with E-state index in [0.29, 0.717) is 53.8 Å². The quantitative estimate of drug-likeness (QED) is 0.109. The summed E-state index contributed by atoms with van der Waals surface area (Å²) in [5, 5.41) is 11.2. The number of nitrogens with zero attached hydrogens (tertiary/aromatic N) is 5. The first-order chi connectivity index (χ1) is 25.2. The molecular weight excluding hydrogens is 723 g/mol. The molecule has 0 unspecified atom stereocenters. The number of rotatable bonds is 11. The van der Waals surface area contributed by atoms with Gasteiger partial charge in [0.25, 0.3) is 0 Å². The van der Waals surface area contributed by atoms with Gasteiger partial charge in [0.05, 0.1) is 18.1 Å². The Morgan fingerprint density at radius 3 is 1.80 bits per heavy atom. The molecule has 9 N–H and O–H groups in total. The van der Waals surface area contributed by atoms with Crippen LogP contribution in [0.15, 0.2) is 36.7 Å². The summed E-state index contributed by atoms with van der Waals surface area (Å²) in [5.74, 6) is 3.35. The predicted octanol–water partition coefficient (Wildman–Crippen LogP) is 2.80. The Morgan fingerprint density at radius 2 is 1.35 bits per heavy atom. The second-order valence-corrected chi connectivity index (χ2v) is 13.2. The Kier molecular flexibility index (Phi) is 18.2. The topological polar surface area (TPSA) is 247 Å². The first-order valence-corrected chi connectivity index (χ1v) is 17.7. The maximum Gasteiger partial charge on any atom is 1.00 e. The van der Waals surface area contributed by atoms with E-state index in [1.54, 1.807) is 6.07 Å². The van der Waals surface area contributed by atoms with Crippen molar-refractivity contribution in [2.45, 2.75) is 79.1 Å². The minimum atomic E-state index is -0.0904. The van der Waals surface area contributed by atoms with Gasteiger partial charge in [0.1, 0.15) is 11.5 Å². The van der Waals surface area contributed by atoms with Crippen molar-refractivity contribution in [2.75, 3.05) is 52.7 Å². The molecular formula is C37H50ClN10NaO5. The number of anilines is 6. The second-order valence-electron chi connectivity index (χ2n) is 12.8. The molecule has 0 atom stereocenters. The molecule has 0 saturated carbocycles. The number of alkyl halides is 1. The van der Waals surface area contributed by atoms with Gasteiger partial charge >= 0.3 is 29.6 Å². The van der Waals surface area contributed by atoms with Crippen molar-refractivity contribution < 1.29 is 53.7 Å². The molecule has 5 rings (SSSR count). The van der Waals surface area contributed by atoms with E-state index in [1.807, 2.05) is 30.9 Å². The molecule has 4 aromatic rings. The van der Waals surface area contributed by atoms with E-state index in [9.17, 15) is 9.59 Å². The first kappa shape index (κ1) is 45.7. The number of halogens is 1. The SMILES string of the molecule is C[O-].Cc1cc(C(C)C)c(Oc2cnc(N)nc2N)cc1N1CCCC1=O.Cc1cc(C(C)C)c(Oc2cnc(N)nc2N)cc1NC(=O)CCCCl.[Na+]. The van der Waals surface area contributed by atoms with Gasteiger partial charge in [0.15, 0.2) is 23.1 Å². The number of carbonyl (C=O) groups excluding carboxylic acids is 2. The zero-order valence-electron chi connectivity index (χ0n) is 32.3. The number of nitrogens with two attached hydrogens (primary N) is 4. The summed E-state index contributed by atoms with van der Waals surface area (Å²) < 4.78 is 11.9. The van der Waals surface area contributed by atoms with Crippen molar-refractivity contribution in [1.82, 2.24) is 19.9 Å². The number of benzene rings is 2. The first-order valence-electron chi connectivity index (χ1n) is 17.2. The Labute approximate surface area is 343 Å². The van der Waals surface area contributed by atoms with Gasteiger partial charge in [-0.15, -0.1) is 11.6 Å². The molecule has 0 aliphatic carbocycles. The molecule has 1 aliphatic rings. The zero-order valence-corrected chi connectivity index (χ0v) is 35.1. The van der Waals surface area contributed by atoms with Gasteiger partial charge < -0.3 is 47.7 Å². The van der Waals surface area contributed by atoms with Gasteiger partial charge in [-0.1, -0.05) is 39.8 Å². The van der Waals surface area contributed by atoms with Crippen LogP contribution in [0.1, 0.15) is 87.5 Å². The van der Waals surface area contributed by atoms with E-state index in [2.05, 4.69) is 59.0 Å². The Hall–Kier alpha value is -4.41. The number of aryl methyl sites for hydroxylation is 2. The third-order valence-corrected chi connectivity index (χ3v) is 8.42. The largest absolute Gasteiger partial charge is 1.00 e. The molecule has 17 heteroatoms. The minimum absolute atomic E-state index is 0. The smallest absolute Gasteiger partial charge is 0.857 e. The van der Waals surface area contributed by atoms with Crippen LogP contribution in [-0.2, 0) is 9.59 Å². The number of nitrogens with one attached hydrogen (secondary N) is 1. The molecule has 2 aromatic carbocycles. The van der Waals surface area contributed by atoms with Gasteiger partial charge in [-0.25, -0.2) is 9.97 Å². The van der Waals surface area contributed by atoms with Crippen LogP contribution in [0.4, 0.5) is 34.9 Å².